The number of allylic oxidation sites excluding steroid dienone is 1. The minimum absolute atomic E-state index is 0.0142. The largest absolute Gasteiger partial charge is 0.457 e. The first kappa shape index (κ1) is 28.9. The summed E-state index contributed by atoms with van der Waals surface area (Å²) in [4.78, 5) is 35.9. The van der Waals surface area contributed by atoms with Gasteiger partial charge in [-0.2, -0.15) is 0 Å². The molecule has 0 saturated heterocycles. The van der Waals surface area contributed by atoms with Crippen molar-refractivity contribution in [3.05, 3.63) is 132 Å². The number of fused-ring (bicyclic) bond motifs is 1. The van der Waals surface area contributed by atoms with E-state index in [-0.39, 0.29) is 23.5 Å². The van der Waals surface area contributed by atoms with Crippen LogP contribution in [0.4, 0.5) is 4.39 Å². The summed E-state index contributed by atoms with van der Waals surface area (Å²) in [5, 5.41) is 1.98. The second-order valence-corrected chi connectivity index (χ2v) is 9.76. The zero-order valence-corrected chi connectivity index (χ0v) is 22.9. The lowest BCUT2D eigenvalue weighted by Crippen LogP contribution is -2.06. The van der Waals surface area contributed by atoms with Crippen molar-refractivity contribution in [2.24, 2.45) is 0 Å². The highest BCUT2D eigenvalue weighted by Gasteiger charge is 2.10. The number of ketones is 1. The summed E-state index contributed by atoms with van der Waals surface area (Å²) in [6.07, 6.45) is 3.34. The Balaban J connectivity index is 1.36. The predicted octanol–water partition coefficient (Wildman–Crippen LogP) is 7.57. The van der Waals surface area contributed by atoms with Crippen LogP contribution in [0.2, 0.25) is 0 Å². The molecule has 0 N–H and O–H groups in total. The normalized spacial score (nSPS) is 10.9. The second kappa shape index (κ2) is 12.8. The maximum atomic E-state index is 14.5. The molecule has 0 atom stereocenters. The van der Waals surface area contributed by atoms with E-state index in [2.05, 4.69) is 13.2 Å². The molecular weight excluding hydrogens is 519 g/mol. The minimum atomic E-state index is -0.575. The third kappa shape index (κ3) is 7.73. The zero-order valence-electron chi connectivity index (χ0n) is 22.9. The van der Waals surface area contributed by atoms with Crippen molar-refractivity contribution in [3.63, 3.8) is 0 Å². The van der Waals surface area contributed by atoms with Crippen LogP contribution in [0.1, 0.15) is 30.5 Å². The van der Waals surface area contributed by atoms with Gasteiger partial charge in [-0.05, 0) is 82.8 Å². The molecule has 0 aromatic heterocycles. The molecule has 206 valence electrons. The summed E-state index contributed by atoms with van der Waals surface area (Å²) in [5.74, 6) is -1.24. The maximum Gasteiger partial charge on any atom is 0.336 e. The number of ether oxygens (including phenoxy) is 2. The van der Waals surface area contributed by atoms with Crippen LogP contribution in [-0.2, 0) is 32.1 Å². The number of carbonyl (C=O) groups is 3. The topological polar surface area (TPSA) is 69.7 Å². The van der Waals surface area contributed by atoms with Crippen molar-refractivity contribution in [2.75, 3.05) is 0 Å². The number of halogens is 1. The van der Waals surface area contributed by atoms with Crippen molar-refractivity contribution in [1.82, 2.24) is 0 Å². The van der Waals surface area contributed by atoms with Crippen molar-refractivity contribution >= 4 is 34.6 Å². The van der Waals surface area contributed by atoms with Crippen LogP contribution < -0.4 is 4.74 Å². The fraction of sp³-hybridized carbons (Fsp3) is 0.114. The Bertz CT molecular complexity index is 1700. The molecule has 0 aliphatic carbocycles. The summed E-state index contributed by atoms with van der Waals surface area (Å²) >= 11 is 0. The SMILES string of the molecule is C=C(C)C(=O)Cc1ccc2cc(/C=C/C(=O)Oc3ccc(-c4ccc(COC(=O)C(=C)C)c(F)c4)cc3)ccc2c1. The molecule has 0 aliphatic heterocycles. The average molecular weight is 549 g/mol. The molecule has 0 saturated carbocycles. The lowest BCUT2D eigenvalue weighted by atomic mass is 10.00. The predicted molar refractivity (Wildman–Crippen MR) is 159 cm³/mol. The van der Waals surface area contributed by atoms with Gasteiger partial charge in [-0.1, -0.05) is 67.8 Å². The molecule has 0 fully saturated rings. The molecule has 4 rings (SSSR count). The van der Waals surface area contributed by atoms with E-state index >= 15 is 0 Å². The van der Waals surface area contributed by atoms with Gasteiger partial charge in [-0.25, -0.2) is 14.0 Å². The van der Waals surface area contributed by atoms with Gasteiger partial charge < -0.3 is 9.47 Å². The van der Waals surface area contributed by atoms with E-state index < -0.39 is 17.8 Å². The Morgan fingerprint density at radius 2 is 1.49 bits per heavy atom. The highest BCUT2D eigenvalue weighted by atomic mass is 19.1. The van der Waals surface area contributed by atoms with Crippen LogP contribution in [0.25, 0.3) is 28.0 Å². The Kier molecular flexibility index (Phi) is 9.05. The standard InChI is InChI=1S/C35H29FO5/c1-22(2)33(37)19-25-6-9-27-17-24(5-8-28(27)18-25)7-16-34(38)41-31-14-12-26(13-15-31)29-10-11-30(32(36)20-29)21-40-35(39)23(3)4/h5-18,20H,1,3,19,21H2,2,4H3/b16-7+. The maximum absolute atomic E-state index is 14.5. The van der Waals surface area contributed by atoms with Crippen LogP contribution in [0.15, 0.2) is 109 Å². The first-order valence-electron chi connectivity index (χ1n) is 12.9. The lowest BCUT2D eigenvalue weighted by Gasteiger charge is -2.08. The molecule has 0 spiro atoms. The van der Waals surface area contributed by atoms with E-state index in [1.807, 2.05) is 36.4 Å². The van der Waals surface area contributed by atoms with Gasteiger partial charge in [0, 0.05) is 23.6 Å². The third-order valence-corrected chi connectivity index (χ3v) is 6.35. The van der Waals surface area contributed by atoms with Crippen LogP contribution in [0.5, 0.6) is 5.75 Å². The van der Waals surface area contributed by atoms with Gasteiger partial charge in [-0.3, -0.25) is 4.79 Å². The van der Waals surface area contributed by atoms with Crippen LogP contribution in [-0.4, -0.2) is 17.7 Å². The summed E-state index contributed by atoms with van der Waals surface area (Å²) in [6.45, 7) is 10.3. The number of esters is 2. The monoisotopic (exact) mass is 548 g/mol. The van der Waals surface area contributed by atoms with E-state index in [0.717, 1.165) is 27.5 Å². The van der Waals surface area contributed by atoms with Crippen LogP contribution >= 0.6 is 0 Å². The van der Waals surface area contributed by atoms with E-state index in [1.54, 1.807) is 49.4 Å². The number of hydrogen-bond donors (Lipinski definition) is 0. The smallest absolute Gasteiger partial charge is 0.336 e. The van der Waals surface area contributed by atoms with Crippen molar-refractivity contribution in [1.29, 1.82) is 0 Å². The molecule has 0 heterocycles. The van der Waals surface area contributed by atoms with Gasteiger partial charge in [0.1, 0.15) is 18.2 Å². The third-order valence-electron chi connectivity index (χ3n) is 6.35. The number of benzene rings is 4. The molecule has 41 heavy (non-hydrogen) atoms. The van der Waals surface area contributed by atoms with Crippen LogP contribution in [0, 0.1) is 5.82 Å². The lowest BCUT2D eigenvalue weighted by molar-refractivity contribution is -0.140. The molecule has 0 radical (unpaired) electrons. The number of hydrogen-bond acceptors (Lipinski definition) is 5. The highest BCUT2D eigenvalue weighted by Crippen LogP contribution is 2.25. The van der Waals surface area contributed by atoms with E-state index in [9.17, 15) is 18.8 Å². The van der Waals surface area contributed by atoms with Gasteiger partial charge in [0.05, 0.1) is 0 Å². The van der Waals surface area contributed by atoms with E-state index in [0.29, 0.717) is 23.3 Å². The molecule has 6 heteroatoms. The summed E-state index contributed by atoms with van der Waals surface area (Å²) in [6, 6.07) is 23.0. The Morgan fingerprint density at radius 3 is 2.17 bits per heavy atom. The molecule has 0 amide bonds. The molecule has 0 bridgehead atoms. The van der Waals surface area contributed by atoms with Crippen LogP contribution in [0.3, 0.4) is 0 Å². The van der Waals surface area contributed by atoms with Gasteiger partial charge in [0.25, 0.3) is 0 Å². The summed E-state index contributed by atoms with van der Waals surface area (Å²) < 4.78 is 25.0. The average Bonchev–Trinajstić information content (AvgIpc) is 2.95. The van der Waals surface area contributed by atoms with Crippen molar-refractivity contribution in [3.8, 4) is 16.9 Å². The highest BCUT2D eigenvalue weighted by molar-refractivity contribution is 5.96. The summed E-state index contributed by atoms with van der Waals surface area (Å²) in [7, 11) is 0. The van der Waals surface area contributed by atoms with E-state index in [1.165, 1.54) is 19.1 Å². The summed E-state index contributed by atoms with van der Waals surface area (Å²) in [5.41, 5.74) is 4.15. The van der Waals surface area contributed by atoms with E-state index in [4.69, 9.17) is 9.47 Å². The molecule has 5 nitrogen and oxygen atoms in total. The Hall–Kier alpha value is -5.10. The minimum Gasteiger partial charge on any atom is -0.457 e. The fourth-order valence-corrected chi connectivity index (χ4v) is 4.00. The number of rotatable bonds is 10. The molecule has 4 aromatic rings. The van der Waals surface area contributed by atoms with Gasteiger partial charge in [-0.15, -0.1) is 0 Å². The van der Waals surface area contributed by atoms with Gasteiger partial charge >= 0.3 is 11.9 Å². The van der Waals surface area contributed by atoms with Gasteiger partial charge in [0.2, 0.25) is 0 Å². The van der Waals surface area contributed by atoms with Gasteiger partial charge in [0.15, 0.2) is 5.78 Å². The molecule has 0 unspecified atom stereocenters. The quantitative estimate of drug-likeness (QED) is 0.116. The second-order valence-electron chi connectivity index (χ2n) is 9.76. The number of carbonyl (C=O) groups excluding carboxylic acids is 3. The van der Waals surface area contributed by atoms with Crippen molar-refractivity contribution < 1.29 is 28.2 Å². The Labute approximate surface area is 238 Å². The zero-order chi connectivity index (χ0) is 29.5. The number of Topliss-reactive ketones (excluding diaryl/α,β-unsaturated/α-hetero) is 1. The Morgan fingerprint density at radius 1 is 0.805 bits per heavy atom. The first-order valence-corrected chi connectivity index (χ1v) is 12.9. The molecule has 4 aromatic carbocycles. The van der Waals surface area contributed by atoms with Crippen molar-refractivity contribution in [2.45, 2.75) is 26.9 Å². The molecule has 0 aliphatic rings. The fourth-order valence-electron chi connectivity index (χ4n) is 4.00. The first-order chi connectivity index (χ1) is 19.6. The molecular formula is C35H29FO5.